The lowest BCUT2D eigenvalue weighted by Crippen LogP contribution is -2.01. The van der Waals surface area contributed by atoms with Crippen LogP contribution in [0.5, 0.6) is 0 Å². The topological polar surface area (TPSA) is 20.2 Å². The normalized spacial score (nSPS) is 12.5. The number of aliphatic hydroxyl groups is 1. The Morgan fingerprint density at radius 2 is 1.61 bits per heavy atom. The van der Waals surface area contributed by atoms with Crippen LogP contribution in [0.25, 0.3) is 0 Å². The van der Waals surface area contributed by atoms with Gasteiger partial charge in [-0.15, -0.1) is 0 Å². The third kappa shape index (κ3) is 3.01. The molecule has 0 aliphatic heterocycles. The monoisotopic (exact) mass is 364 g/mol. The van der Waals surface area contributed by atoms with Gasteiger partial charge in [-0.25, -0.2) is 0 Å². The molecule has 1 unspecified atom stereocenters. The second-order valence-electron chi connectivity index (χ2n) is 3.73. The Hall–Kier alpha value is -0.250. The zero-order chi connectivity index (χ0) is 13.3. The van der Waals surface area contributed by atoms with Gasteiger partial charge in [-0.2, -0.15) is 0 Å². The molecule has 0 fully saturated rings. The van der Waals surface area contributed by atoms with Crippen molar-refractivity contribution in [1.82, 2.24) is 0 Å². The summed E-state index contributed by atoms with van der Waals surface area (Å²) < 4.78 is 0.848. The minimum absolute atomic E-state index is 0.450. The fourth-order valence-corrected chi connectivity index (χ4v) is 2.79. The Morgan fingerprint density at radius 3 is 2.28 bits per heavy atom. The Balaban J connectivity index is 2.47. The molecular formula is C13H8BrCl3O. The average molecular weight is 366 g/mol. The summed E-state index contributed by atoms with van der Waals surface area (Å²) in [4.78, 5) is 0. The van der Waals surface area contributed by atoms with E-state index >= 15 is 0 Å². The third-order valence-corrected chi connectivity index (χ3v) is 3.91. The minimum Gasteiger partial charge on any atom is -0.384 e. The van der Waals surface area contributed by atoms with Gasteiger partial charge in [0.25, 0.3) is 0 Å². The van der Waals surface area contributed by atoms with Crippen molar-refractivity contribution >= 4 is 50.7 Å². The number of halogens is 4. The van der Waals surface area contributed by atoms with E-state index in [1.54, 1.807) is 30.3 Å². The summed E-state index contributed by atoms with van der Waals surface area (Å²) in [6.07, 6.45) is -0.906. The van der Waals surface area contributed by atoms with Gasteiger partial charge in [0.2, 0.25) is 0 Å². The quantitative estimate of drug-likeness (QED) is 0.745. The highest BCUT2D eigenvalue weighted by Gasteiger charge is 2.17. The van der Waals surface area contributed by atoms with Crippen molar-refractivity contribution in [3.05, 3.63) is 67.1 Å². The smallest absolute Gasteiger partial charge is 0.107 e. The van der Waals surface area contributed by atoms with Crippen molar-refractivity contribution in [2.24, 2.45) is 0 Å². The molecule has 0 aliphatic rings. The van der Waals surface area contributed by atoms with Crippen LogP contribution in [0.1, 0.15) is 17.2 Å². The van der Waals surface area contributed by atoms with E-state index in [4.69, 9.17) is 34.8 Å². The van der Waals surface area contributed by atoms with Gasteiger partial charge in [-0.1, -0.05) is 56.8 Å². The summed E-state index contributed by atoms with van der Waals surface area (Å²) >= 11 is 21.4. The van der Waals surface area contributed by atoms with Gasteiger partial charge in [0, 0.05) is 30.7 Å². The van der Waals surface area contributed by atoms with Crippen LogP contribution in [-0.2, 0) is 0 Å². The summed E-state index contributed by atoms with van der Waals surface area (Å²) in [5.74, 6) is 0. The van der Waals surface area contributed by atoms with Crippen LogP contribution in [0.3, 0.4) is 0 Å². The highest BCUT2D eigenvalue weighted by atomic mass is 79.9. The standard InChI is InChI=1S/C13H8BrCl3O/c14-7-1-3-9(12(17)5-7)13(18)10-6-8(15)2-4-11(10)16/h1-6,13,18H. The predicted octanol–water partition coefficient (Wildman–Crippen LogP) is 5.49. The first kappa shape index (κ1) is 14.2. The first-order chi connectivity index (χ1) is 8.49. The van der Waals surface area contributed by atoms with Crippen LogP contribution < -0.4 is 0 Å². The summed E-state index contributed by atoms with van der Waals surface area (Å²) in [5, 5.41) is 11.8. The Morgan fingerprint density at radius 1 is 0.889 bits per heavy atom. The fourth-order valence-electron chi connectivity index (χ4n) is 1.61. The van der Waals surface area contributed by atoms with Crippen LogP contribution in [0.15, 0.2) is 40.9 Å². The van der Waals surface area contributed by atoms with Crippen LogP contribution in [0.2, 0.25) is 15.1 Å². The predicted molar refractivity (Wildman–Crippen MR) is 79.7 cm³/mol. The van der Waals surface area contributed by atoms with E-state index in [9.17, 15) is 5.11 Å². The molecule has 0 heterocycles. The number of hydrogen-bond donors (Lipinski definition) is 1. The van der Waals surface area contributed by atoms with Gasteiger partial charge in [0.1, 0.15) is 6.10 Å². The molecule has 2 aromatic carbocycles. The number of benzene rings is 2. The molecule has 0 spiro atoms. The Bertz CT molecular complexity index is 586. The lowest BCUT2D eigenvalue weighted by atomic mass is 10.0. The molecule has 0 saturated heterocycles. The maximum Gasteiger partial charge on any atom is 0.107 e. The van der Waals surface area contributed by atoms with Crippen molar-refractivity contribution in [2.75, 3.05) is 0 Å². The molecule has 2 aromatic rings. The molecule has 0 saturated carbocycles. The van der Waals surface area contributed by atoms with E-state index in [0.717, 1.165) is 4.47 Å². The van der Waals surface area contributed by atoms with E-state index < -0.39 is 6.10 Å². The molecule has 94 valence electrons. The largest absolute Gasteiger partial charge is 0.384 e. The Kier molecular flexibility index (Phi) is 4.57. The second-order valence-corrected chi connectivity index (χ2v) is 5.90. The number of hydrogen-bond acceptors (Lipinski definition) is 1. The van der Waals surface area contributed by atoms with Gasteiger partial charge in [-0.3, -0.25) is 0 Å². The lowest BCUT2D eigenvalue weighted by molar-refractivity contribution is 0.220. The van der Waals surface area contributed by atoms with Crippen LogP contribution in [0.4, 0.5) is 0 Å². The summed E-state index contributed by atoms with van der Waals surface area (Å²) in [6.45, 7) is 0. The molecule has 0 bridgehead atoms. The zero-order valence-corrected chi connectivity index (χ0v) is 12.9. The fraction of sp³-hybridized carbons (Fsp3) is 0.0769. The molecule has 1 atom stereocenters. The van der Waals surface area contributed by atoms with Gasteiger partial charge in [0.15, 0.2) is 0 Å². The van der Waals surface area contributed by atoms with E-state index in [-0.39, 0.29) is 0 Å². The van der Waals surface area contributed by atoms with E-state index in [0.29, 0.717) is 26.2 Å². The van der Waals surface area contributed by atoms with Crippen LogP contribution in [-0.4, -0.2) is 5.11 Å². The molecule has 18 heavy (non-hydrogen) atoms. The molecular weight excluding hydrogens is 358 g/mol. The SMILES string of the molecule is OC(c1ccc(Br)cc1Cl)c1cc(Cl)ccc1Cl. The van der Waals surface area contributed by atoms with Crippen LogP contribution in [0, 0.1) is 0 Å². The molecule has 0 radical (unpaired) electrons. The summed E-state index contributed by atoms with van der Waals surface area (Å²) in [6, 6.07) is 10.2. The number of aliphatic hydroxyl groups excluding tert-OH is 1. The summed E-state index contributed by atoms with van der Waals surface area (Å²) in [7, 11) is 0. The van der Waals surface area contributed by atoms with Crippen molar-refractivity contribution in [3.63, 3.8) is 0 Å². The minimum atomic E-state index is -0.906. The molecule has 0 aliphatic carbocycles. The van der Waals surface area contributed by atoms with E-state index in [1.165, 1.54) is 0 Å². The molecule has 1 nitrogen and oxygen atoms in total. The molecule has 1 N–H and O–H groups in total. The van der Waals surface area contributed by atoms with Crippen molar-refractivity contribution in [2.45, 2.75) is 6.10 Å². The first-order valence-electron chi connectivity index (χ1n) is 5.07. The Labute approximate surface area is 128 Å². The maximum absolute atomic E-state index is 10.3. The third-order valence-electron chi connectivity index (χ3n) is 2.51. The summed E-state index contributed by atoms with van der Waals surface area (Å²) in [5.41, 5.74) is 1.12. The highest BCUT2D eigenvalue weighted by molar-refractivity contribution is 9.10. The van der Waals surface area contributed by atoms with Crippen LogP contribution >= 0.6 is 50.7 Å². The molecule has 2 rings (SSSR count). The van der Waals surface area contributed by atoms with Crippen molar-refractivity contribution in [3.8, 4) is 0 Å². The molecule has 5 heteroatoms. The van der Waals surface area contributed by atoms with Crippen molar-refractivity contribution in [1.29, 1.82) is 0 Å². The number of rotatable bonds is 2. The van der Waals surface area contributed by atoms with Gasteiger partial charge in [0.05, 0.1) is 0 Å². The van der Waals surface area contributed by atoms with Crippen molar-refractivity contribution < 1.29 is 5.11 Å². The van der Waals surface area contributed by atoms with E-state index in [2.05, 4.69) is 15.9 Å². The average Bonchev–Trinajstić information content (AvgIpc) is 2.31. The highest BCUT2D eigenvalue weighted by Crippen LogP contribution is 2.34. The van der Waals surface area contributed by atoms with Gasteiger partial charge < -0.3 is 5.11 Å². The maximum atomic E-state index is 10.3. The van der Waals surface area contributed by atoms with Gasteiger partial charge in [-0.05, 0) is 30.3 Å². The first-order valence-corrected chi connectivity index (χ1v) is 6.99. The second kappa shape index (κ2) is 5.81. The van der Waals surface area contributed by atoms with Gasteiger partial charge >= 0.3 is 0 Å². The molecule has 0 aromatic heterocycles. The zero-order valence-electron chi connectivity index (χ0n) is 9.00. The molecule has 0 amide bonds. The van der Waals surface area contributed by atoms with E-state index in [1.807, 2.05) is 6.07 Å². The lowest BCUT2D eigenvalue weighted by Gasteiger charge is -2.15.